The smallest absolute Gasteiger partial charge is 0.169 e. The second-order valence-electron chi connectivity index (χ2n) is 11.0. The maximum Gasteiger partial charge on any atom is 0.169 e. The Labute approximate surface area is 248 Å². The molecule has 7 rings (SSSR count). The van der Waals surface area contributed by atoms with Gasteiger partial charge in [-0.15, -0.1) is 0 Å². The average Bonchev–Trinajstić information content (AvgIpc) is 3.30. The molecule has 4 heterocycles. The van der Waals surface area contributed by atoms with Crippen molar-refractivity contribution in [2.24, 2.45) is 0 Å². The normalized spacial score (nSPS) is 20.3. The van der Waals surface area contributed by atoms with Crippen LogP contribution in [0.4, 0.5) is 4.39 Å². The first kappa shape index (κ1) is 27.0. The van der Waals surface area contributed by atoms with E-state index in [1.807, 2.05) is 36.4 Å². The molecule has 0 radical (unpaired) electrons. The van der Waals surface area contributed by atoms with Crippen LogP contribution in [0.2, 0.25) is 5.02 Å². The third kappa shape index (κ3) is 5.15. The topological polar surface area (TPSA) is 69.0 Å². The molecule has 4 aromatic rings. The van der Waals surface area contributed by atoms with Crippen LogP contribution < -0.4 is 9.47 Å². The van der Waals surface area contributed by atoms with E-state index in [-0.39, 0.29) is 18.5 Å². The van der Waals surface area contributed by atoms with E-state index < -0.39 is 11.9 Å². The molecule has 1 fully saturated rings. The Kier molecular flexibility index (Phi) is 7.14. The van der Waals surface area contributed by atoms with Crippen LogP contribution in [-0.4, -0.2) is 52.0 Å². The van der Waals surface area contributed by atoms with Gasteiger partial charge >= 0.3 is 0 Å². The quantitative estimate of drug-likeness (QED) is 0.236. The first-order valence-corrected chi connectivity index (χ1v) is 14.6. The largest absolute Gasteiger partial charge is 0.508 e. The molecule has 1 aromatic heterocycles. The minimum atomic E-state index is -0.562. The summed E-state index contributed by atoms with van der Waals surface area (Å²) in [7, 11) is 0. The van der Waals surface area contributed by atoms with E-state index in [0.717, 1.165) is 61.5 Å². The lowest BCUT2D eigenvalue weighted by molar-refractivity contribution is -0.0591. The van der Waals surface area contributed by atoms with Crippen LogP contribution in [0.3, 0.4) is 0 Å². The number of aromatic nitrogens is 2. The van der Waals surface area contributed by atoms with Crippen molar-refractivity contribution >= 4 is 34.0 Å². The number of hydrogen-bond donors (Lipinski definition) is 1. The van der Waals surface area contributed by atoms with Gasteiger partial charge in [0.05, 0.1) is 30.2 Å². The number of ether oxygens (including phenoxy) is 3. The van der Waals surface area contributed by atoms with Crippen molar-refractivity contribution in [2.75, 3.05) is 26.3 Å². The molecule has 9 heteroatoms. The highest BCUT2D eigenvalue weighted by molar-refractivity contribution is 6.30. The predicted molar refractivity (Wildman–Crippen MR) is 160 cm³/mol. The summed E-state index contributed by atoms with van der Waals surface area (Å²) in [6, 6.07) is 16.2. The Bertz CT molecular complexity index is 1710. The Morgan fingerprint density at radius 1 is 1.17 bits per heavy atom. The summed E-state index contributed by atoms with van der Waals surface area (Å²) in [6.07, 6.45) is 3.69. The molecule has 2 atom stereocenters. The first-order valence-electron chi connectivity index (χ1n) is 14.2. The second-order valence-corrected chi connectivity index (χ2v) is 11.4. The van der Waals surface area contributed by atoms with Gasteiger partial charge in [0, 0.05) is 41.4 Å². The first-order chi connectivity index (χ1) is 20.4. The van der Waals surface area contributed by atoms with Gasteiger partial charge < -0.3 is 23.9 Å². The molecule has 1 unspecified atom stereocenters. The van der Waals surface area contributed by atoms with Crippen molar-refractivity contribution in [3.05, 3.63) is 101 Å². The summed E-state index contributed by atoms with van der Waals surface area (Å²) in [5.74, 6) is 1.92. The summed E-state index contributed by atoms with van der Waals surface area (Å²) < 4.78 is 35.0. The van der Waals surface area contributed by atoms with Crippen molar-refractivity contribution < 1.29 is 23.7 Å². The van der Waals surface area contributed by atoms with E-state index in [1.54, 1.807) is 12.1 Å². The van der Waals surface area contributed by atoms with E-state index in [4.69, 9.17) is 30.8 Å². The molecular formula is C33H31ClFN3O4. The Balaban J connectivity index is 1.12. The van der Waals surface area contributed by atoms with Gasteiger partial charge in [0.25, 0.3) is 0 Å². The van der Waals surface area contributed by atoms with Gasteiger partial charge in [0.1, 0.15) is 24.0 Å². The zero-order valence-corrected chi connectivity index (χ0v) is 23.8. The standard InChI is InChI=1S/C33H31ClFN3O4/c1-20(39)22-5-8-28-29(15-22)38(17-24-11-14-40-24)32(36-28)18-37-12-9-21(10-13-37)25-3-2-4-30-33(25)42-31(19-41-30)26-7-6-23(34)16-27(26)35/h2-9,15-16,24,31,39H,1,10-14,17-19H2/t24-,31?/m0/s1. The van der Waals surface area contributed by atoms with Gasteiger partial charge in [0.2, 0.25) is 0 Å². The van der Waals surface area contributed by atoms with E-state index in [1.165, 1.54) is 11.6 Å². The number of aliphatic hydroxyl groups is 1. The van der Waals surface area contributed by atoms with Gasteiger partial charge in [-0.1, -0.05) is 42.5 Å². The van der Waals surface area contributed by atoms with Crippen LogP contribution in [0.25, 0.3) is 22.4 Å². The highest BCUT2D eigenvalue weighted by Gasteiger charge is 2.29. The van der Waals surface area contributed by atoms with Crippen LogP contribution in [0.15, 0.2) is 67.3 Å². The fraction of sp³-hybridized carbons (Fsp3) is 0.303. The highest BCUT2D eigenvalue weighted by Crippen LogP contribution is 2.43. The number of nitrogens with zero attached hydrogens (tertiary/aromatic N) is 3. The summed E-state index contributed by atoms with van der Waals surface area (Å²) in [5.41, 5.74) is 5.12. The van der Waals surface area contributed by atoms with E-state index in [9.17, 15) is 9.50 Å². The molecule has 0 amide bonds. The van der Waals surface area contributed by atoms with Gasteiger partial charge in [-0.25, -0.2) is 9.37 Å². The number of rotatable bonds is 7. The van der Waals surface area contributed by atoms with E-state index in [2.05, 4.69) is 22.1 Å². The van der Waals surface area contributed by atoms with Gasteiger partial charge in [-0.2, -0.15) is 0 Å². The molecule has 0 spiro atoms. The van der Waals surface area contributed by atoms with Crippen molar-refractivity contribution in [1.29, 1.82) is 0 Å². The lowest BCUT2D eigenvalue weighted by Crippen LogP contribution is -2.33. The van der Waals surface area contributed by atoms with Crippen molar-refractivity contribution in [2.45, 2.75) is 38.1 Å². The van der Waals surface area contributed by atoms with Gasteiger partial charge in [-0.3, -0.25) is 4.90 Å². The Morgan fingerprint density at radius 2 is 2.05 bits per heavy atom. The molecule has 216 valence electrons. The second kappa shape index (κ2) is 11.1. The molecule has 3 aliphatic rings. The molecule has 0 saturated carbocycles. The third-order valence-electron chi connectivity index (χ3n) is 8.28. The lowest BCUT2D eigenvalue weighted by Gasteiger charge is -2.31. The van der Waals surface area contributed by atoms with Crippen LogP contribution in [0.1, 0.15) is 41.5 Å². The number of aliphatic hydroxyl groups excluding tert-OH is 1. The number of fused-ring (bicyclic) bond motifs is 2. The summed E-state index contributed by atoms with van der Waals surface area (Å²) in [6.45, 7) is 7.70. The Hall–Kier alpha value is -3.85. The molecule has 3 aromatic carbocycles. The molecular weight excluding hydrogens is 557 g/mol. The zero-order chi connectivity index (χ0) is 28.8. The predicted octanol–water partition coefficient (Wildman–Crippen LogP) is 6.95. The number of halogens is 2. The fourth-order valence-electron chi connectivity index (χ4n) is 5.87. The zero-order valence-electron chi connectivity index (χ0n) is 23.1. The van der Waals surface area contributed by atoms with Crippen molar-refractivity contribution in [1.82, 2.24) is 14.5 Å². The highest BCUT2D eigenvalue weighted by atomic mass is 35.5. The molecule has 1 N–H and O–H groups in total. The summed E-state index contributed by atoms with van der Waals surface area (Å²) in [4.78, 5) is 7.33. The molecule has 0 aliphatic carbocycles. The van der Waals surface area contributed by atoms with Gasteiger partial charge in [0.15, 0.2) is 17.6 Å². The van der Waals surface area contributed by atoms with Crippen LogP contribution in [0, 0.1) is 5.82 Å². The number of benzene rings is 3. The molecule has 1 saturated heterocycles. The number of imidazole rings is 1. The Morgan fingerprint density at radius 3 is 2.79 bits per heavy atom. The minimum Gasteiger partial charge on any atom is -0.508 e. The average molecular weight is 588 g/mol. The van der Waals surface area contributed by atoms with E-state index >= 15 is 0 Å². The van der Waals surface area contributed by atoms with Crippen molar-refractivity contribution in [3.63, 3.8) is 0 Å². The summed E-state index contributed by atoms with van der Waals surface area (Å²) >= 11 is 5.96. The van der Waals surface area contributed by atoms with Crippen LogP contribution >= 0.6 is 11.6 Å². The third-order valence-corrected chi connectivity index (χ3v) is 8.52. The molecule has 7 nitrogen and oxygen atoms in total. The maximum absolute atomic E-state index is 14.7. The summed E-state index contributed by atoms with van der Waals surface area (Å²) in [5, 5.41) is 10.3. The number of hydrogen-bond acceptors (Lipinski definition) is 6. The fourth-order valence-corrected chi connectivity index (χ4v) is 6.03. The van der Waals surface area contributed by atoms with Crippen LogP contribution in [-0.2, 0) is 17.8 Å². The molecule has 3 aliphatic heterocycles. The van der Waals surface area contributed by atoms with Gasteiger partial charge in [-0.05, 0) is 54.8 Å². The maximum atomic E-state index is 14.7. The minimum absolute atomic E-state index is 0.0434. The molecule has 42 heavy (non-hydrogen) atoms. The molecule has 0 bridgehead atoms. The monoisotopic (exact) mass is 587 g/mol. The SMILES string of the molecule is C=C(O)c1ccc2nc(CN3CC=C(c4cccc5c4OC(c4ccc(Cl)cc4F)CO5)CC3)n(C[C@@H]3CCO3)c2c1. The lowest BCUT2D eigenvalue weighted by atomic mass is 9.97. The van der Waals surface area contributed by atoms with Crippen molar-refractivity contribution in [3.8, 4) is 11.5 Å². The van der Waals surface area contributed by atoms with E-state index in [0.29, 0.717) is 34.2 Å². The number of para-hydroxylation sites is 1. The van der Waals surface area contributed by atoms with Crippen LogP contribution in [0.5, 0.6) is 11.5 Å².